The van der Waals surface area contributed by atoms with Crippen LogP contribution < -0.4 is 14.8 Å². The van der Waals surface area contributed by atoms with Crippen molar-refractivity contribution < 1.29 is 9.47 Å². The van der Waals surface area contributed by atoms with Gasteiger partial charge in [-0.15, -0.1) is 0 Å². The van der Waals surface area contributed by atoms with E-state index in [1.807, 2.05) is 31.2 Å². The lowest BCUT2D eigenvalue weighted by Crippen LogP contribution is -2.21. The van der Waals surface area contributed by atoms with Crippen molar-refractivity contribution >= 4 is 11.6 Å². The van der Waals surface area contributed by atoms with Crippen molar-refractivity contribution in [3.8, 4) is 11.5 Å². The van der Waals surface area contributed by atoms with E-state index in [0.717, 1.165) is 12.1 Å². The Morgan fingerprint density at radius 2 is 2.11 bits per heavy atom. The van der Waals surface area contributed by atoms with Crippen LogP contribution in [-0.2, 0) is 6.54 Å². The lowest BCUT2D eigenvalue weighted by atomic mass is 10.2. The zero-order valence-electron chi connectivity index (χ0n) is 12.0. The third-order valence-corrected chi connectivity index (χ3v) is 2.84. The summed E-state index contributed by atoms with van der Waals surface area (Å²) in [7, 11) is 1.62. The van der Waals surface area contributed by atoms with E-state index in [1.165, 1.54) is 0 Å². The Morgan fingerprint density at radius 3 is 2.68 bits per heavy atom. The minimum Gasteiger partial charge on any atom is -0.493 e. The molecule has 0 bridgehead atoms. The first-order chi connectivity index (χ1) is 9.08. The van der Waals surface area contributed by atoms with Crippen LogP contribution in [0.1, 0.15) is 26.3 Å². The second-order valence-electron chi connectivity index (χ2n) is 4.52. The van der Waals surface area contributed by atoms with Crippen LogP contribution in [-0.4, -0.2) is 19.8 Å². The molecule has 0 heterocycles. The van der Waals surface area contributed by atoms with Crippen LogP contribution in [0.15, 0.2) is 24.3 Å². The van der Waals surface area contributed by atoms with Gasteiger partial charge in [0.1, 0.15) is 6.61 Å². The molecule has 19 heavy (non-hydrogen) atoms. The molecule has 0 saturated carbocycles. The van der Waals surface area contributed by atoms with Gasteiger partial charge in [-0.3, -0.25) is 0 Å². The monoisotopic (exact) mass is 283 g/mol. The predicted molar refractivity (Wildman–Crippen MR) is 80.3 cm³/mol. The number of rotatable bonds is 7. The van der Waals surface area contributed by atoms with E-state index in [9.17, 15) is 0 Å². The van der Waals surface area contributed by atoms with Gasteiger partial charge in [0, 0.05) is 12.6 Å². The highest BCUT2D eigenvalue weighted by Crippen LogP contribution is 2.36. The Hall–Kier alpha value is -1.19. The molecule has 0 fully saturated rings. The average molecular weight is 284 g/mol. The molecule has 0 aromatic heterocycles. The molecule has 3 nitrogen and oxygen atoms in total. The van der Waals surface area contributed by atoms with Crippen LogP contribution >= 0.6 is 11.6 Å². The second kappa shape index (κ2) is 8.08. The minimum absolute atomic E-state index is 0.426. The number of hydrogen-bond acceptors (Lipinski definition) is 3. The van der Waals surface area contributed by atoms with Gasteiger partial charge in [0.25, 0.3) is 0 Å². The van der Waals surface area contributed by atoms with Crippen LogP contribution in [0.5, 0.6) is 11.5 Å². The van der Waals surface area contributed by atoms with Crippen LogP contribution in [0.3, 0.4) is 0 Å². The third kappa shape index (κ3) is 5.13. The van der Waals surface area contributed by atoms with Crippen molar-refractivity contribution in [1.82, 2.24) is 5.32 Å². The molecule has 0 atom stereocenters. The maximum Gasteiger partial charge on any atom is 0.180 e. The van der Waals surface area contributed by atoms with Crippen molar-refractivity contribution in [2.45, 2.75) is 33.4 Å². The molecule has 0 saturated heterocycles. The smallest absolute Gasteiger partial charge is 0.180 e. The molecule has 0 radical (unpaired) electrons. The standard InChI is InChI=1S/C15H22ClNO2/c1-5-6-7-19-15-13(16)8-12(9-14(15)18-4)10-17-11(2)3/h5-6,8-9,11,17H,7,10H2,1-4H3/b6-5+. The number of benzene rings is 1. The fourth-order valence-electron chi connectivity index (χ4n) is 1.57. The molecule has 0 aliphatic heterocycles. The maximum absolute atomic E-state index is 6.25. The maximum atomic E-state index is 6.25. The fraction of sp³-hybridized carbons (Fsp3) is 0.467. The molecule has 0 amide bonds. The van der Waals surface area contributed by atoms with E-state index < -0.39 is 0 Å². The summed E-state index contributed by atoms with van der Waals surface area (Å²) < 4.78 is 11.0. The number of allylic oxidation sites excluding steroid dienone is 1. The fourth-order valence-corrected chi connectivity index (χ4v) is 1.85. The van der Waals surface area contributed by atoms with E-state index in [0.29, 0.717) is 29.2 Å². The van der Waals surface area contributed by atoms with Gasteiger partial charge < -0.3 is 14.8 Å². The van der Waals surface area contributed by atoms with E-state index in [4.69, 9.17) is 21.1 Å². The second-order valence-corrected chi connectivity index (χ2v) is 4.93. The summed E-state index contributed by atoms with van der Waals surface area (Å²) in [5.74, 6) is 1.26. The molecule has 0 unspecified atom stereocenters. The minimum atomic E-state index is 0.426. The summed E-state index contributed by atoms with van der Waals surface area (Å²) in [6, 6.07) is 4.28. The number of methoxy groups -OCH3 is 1. The summed E-state index contributed by atoms with van der Waals surface area (Å²) in [5.41, 5.74) is 1.08. The lowest BCUT2D eigenvalue weighted by molar-refractivity contribution is 0.326. The Labute approximate surface area is 120 Å². The van der Waals surface area contributed by atoms with E-state index >= 15 is 0 Å². The Bertz CT molecular complexity index is 430. The summed E-state index contributed by atoms with van der Waals surface area (Å²) in [4.78, 5) is 0. The molecule has 1 N–H and O–H groups in total. The van der Waals surface area contributed by atoms with Gasteiger partial charge in [0.05, 0.1) is 12.1 Å². The van der Waals surface area contributed by atoms with Gasteiger partial charge in [0.2, 0.25) is 0 Å². The highest BCUT2D eigenvalue weighted by atomic mass is 35.5. The zero-order chi connectivity index (χ0) is 14.3. The summed E-state index contributed by atoms with van der Waals surface area (Å²) in [5, 5.41) is 3.92. The SMILES string of the molecule is C/C=C/COc1c(Cl)cc(CNC(C)C)cc1OC. The molecule has 0 aliphatic carbocycles. The molecule has 1 rings (SSSR count). The number of ether oxygens (including phenoxy) is 2. The van der Waals surface area contributed by atoms with Crippen molar-refractivity contribution in [1.29, 1.82) is 0 Å². The quantitative estimate of drug-likeness (QED) is 0.772. The van der Waals surface area contributed by atoms with Crippen molar-refractivity contribution in [2.75, 3.05) is 13.7 Å². The van der Waals surface area contributed by atoms with Gasteiger partial charge >= 0.3 is 0 Å². The van der Waals surface area contributed by atoms with Crippen molar-refractivity contribution in [3.05, 3.63) is 34.9 Å². The van der Waals surface area contributed by atoms with Crippen LogP contribution in [0.4, 0.5) is 0 Å². The van der Waals surface area contributed by atoms with Crippen LogP contribution in [0.25, 0.3) is 0 Å². The zero-order valence-corrected chi connectivity index (χ0v) is 12.8. The third-order valence-electron chi connectivity index (χ3n) is 2.56. The molecule has 1 aromatic rings. The van der Waals surface area contributed by atoms with Crippen molar-refractivity contribution in [2.24, 2.45) is 0 Å². The summed E-state index contributed by atoms with van der Waals surface area (Å²) in [6.07, 6.45) is 3.85. The van der Waals surface area contributed by atoms with Gasteiger partial charge in [0.15, 0.2) is 11.5 Å². The highest BCUT2D eigenvalue weighted by molar-refractivity contribution is 6.32. The Morgan fingerprint density at radius 1 is 1.37 bits per heavy atom. The Balaban J connectivity index is 2.87. The van der Waals surface area contributed by atoms with E-state index in [2.05, 4.69) is 19.2 Å². The molecular formula is C15H22ClNO2. The van der Waals surface area contributed by atoms with Gasteiger partial charge in [-0.2, -0.15) is 0 Å². The first-order valence-electron chi connectivity index (χ1n) is 6.42. The predicted octanol–water partition coefficient (Wildman–Crippen LogP) is 3.80. The normalized spacial score (nSPS) is 11.3. The molecular weight excluding hydrogens is 262 g/mol. The molecule has 0 spiro atoms. The first kappa shape index (κ1) is 15.9. The Kier molecular flexibility index (Phi) is 6.74. The van der Waals surface area contributed by atoms with Gasteiger partial charge in [-0.25, -0.2) is 0 Å². The number of halogens is 1. The largest absolute Gasteiger partial charge is 0.493 e. The molecule has 106 valence electrons. The molecule has 0 aliphatic rings. The summed E-state index contributed by atoms with van der Waals surface area (Å²) >= 11 is 6.25. The average Bonchev–Trinajstić information content (AvgIpc) is 2.38. The van der Waals surface area contributed by atoms with Crippen LogP contribution in [0.2, 0.25) is 5.02 Å². The number of nitrogens with one attached hydrogen (secondary N) is 1. The highest BCUT2D eigenvalue weighted by Gasteiger charge is 2.11. The van der Waals surface area contributed by atoms with Crippen molar-refractivity contribution in [3.63, 3.8) is 0 Å². The van der Waals surface area contributed by atoms with E-state index in [-0.39, 0.29) is 0 Å². The van der Waals surface area contributed by atoms with Gasteiger partial charge in [-0.05, 0) is 24.6 Å². The topological polar surface area (TPSA) is 30.5 Å². The lowest BCUT2D eigenvalue weighted by Gasteiger charge is -2.14. The summed E-state index contributed by atoms with van der Waals surface area (Å²) in [6.45, 7) is 7.39. The molecule has 4 heteroatoms. The number of hydrogen-bond donors (Lipinski definition) is 1. The molecule has 1 aromatic carbocycles. The van der Waals surface area contributed by atoms with E-state index in [1.54, 1.807) is 7.11 Å². The van der Waals surface area contributed by atoms with Crippen LogP contribution in [0, 0.1) is 0 Å². The first-order valence-corrected chi connectivity index (χ1v) is 6.80. The van der Waals surface area contributed by atoms with Gasteiger partial charge in [-0.1, -0.05) is 37.6 Å².